The number of halogens is 5. The number of carbonyl (C=O) groups is 1. The number of rotatable bonds is 7. The van der Waals surface area contributed by atoms with Crippen LogP contribution in [-0.4, -0.2) is 98.5 Å². The van der Waals surface area contributed by atoms with Gasteiger partial charge >= 0.3 is 15.6 Å². The molecule has 10 nitrogen and oxygen atoms in total. The molecule has 0 amide bonds. The van der Waals surface area contributed by atoms with E-state index in [-0.39, 0.29) is 11.7 Å². The average Bonchev–Trinajstić information content (AvgIpc) is 3.36. The highest BCUT2D eigenvalue weighted by Gasteiger charge is 2.44. The second-order valence-electron chi connectivity index (χ2n) is 15.8. The smallest absolute Gasteiger partial charge is 0.497 e. The van der Waals surface area contributed by atoms with Crippen LogP contribution in [0.5, 0.6) is 11.5 Å². The third kappa shape index (κ3) is 12.9. The quantitative estimate of drug-likeness (QED) is 0.109. The van der Waals surface area contributed by atoms with Crippen molar-refractivity contribution in [3.8, 4) is 11.5 Å². The second-order valence-corrected chi connectivity index (χ2v) is 19.1. The molecule has 61 heavy (non-hydrogen) atoms. The zero-order valence-corrected chi connectivity index (χ0v) is 39.3. The Balaban J connectivity index is 0.000000196. The Hall–Kier alpha value is -3.67. The zero-order chi connectivity index (χ0) is 44.6. The van der Waals surface area contributed by atoms with Gasteiger partial charge in [0.25, 0.3) is 0 Å². The maximum atomic E-state index is 13.1. The summed E-state index contributed by atoms with van der Waals surface area (Å²) in [5.74, 6) is 2.15. The number of ketones is 1. The van der Waals surface area contributed by atoms with E-state index < -0.39 is 15.6 Å². The fraction of sp³-hybridized carbons (Fsp3) is 0.444. The van der Waals surface area contributed by atoms with Crippen molar-refractivity contribution in [1.29, 1.82) is 0 Å². The van der Waals surface area contributed by atoms with Crippen LogP contribution in [0.4, 0.5) is 13.2 Å². The van der Waals surface area contributed by atoms with E-state index in [1.54, 1.807) is 20.4 Å². The number of alkyl halides is 3. The lowest BCUT2D eigenvalue weighted by Gasteiger charge is -2.28. The molecule has 3 aliphatic rings. The van der Waals surface area contributed by atoms with Gasteiger partial charge in [0.15, 0.2) is 5.78 Å². The van der Waals surface area contributed by atoms with Crippen molar-refractivity contribution in [3.63, 3.8) is 0 Å². The van der Waals surface area contributed by atoms with Gasteiger partial charge in [-0.1, -0.05) is 17.7 Å². The summed E-state index contributed by atoms with van der Waals surface area (Å²) in [6.07, 6.45) is 11.4. The van der Waals surface area contributed by atoms with E-state index in [2.05, 4.69) is 105 Å². The normalized spacial score (nSPS) is 16.3. The number of benzene rings is 2. The van der Waals surface area contributed by atoms with Crippen molar-refractivity contribution >= 4 is 53.3 Å². The minimum Gasteiger partial charge on any atom is -0.497 e. The summed E-state index contributed by atoms with van der Waals surface area (Å²) in [6.45, 7) is 8.39. The Morgan fingerprint density at radius 1 is 0.803 bits per heavy atom. The summed E-state index contributed by atoms with van der Waals surface area (Å²) in [6, 6.07) is 15.0. The largest absolute Gasteiger partial charge is 0.522 e. The van der Waals surface area contributed by atoms with Crippen molar-refractivity contribution < 1.29 is 40.4 Å². The average molecular weight is 995 g/mol. The molecule has 2 aromatic heterocycles. The minimum absolute atomic E-state index is 0.0905. The lowest BCUT2D eigenvalue weighted by atomic mass is 9.87. The van der Waals surface area contributed by atoms with Gasteiger partial charge in [-0.3, -0.25) is 19.3 Å². The molecule has 1 N–H and O–H groups in total. The first-order valence-electron chi connectivity index (χ1n) is 20.1. The van der Waals surface area contributed by atoms with E-state index in [1.165, 1.54) is 44.5 Å². The summed E-state index contributed by atoms with van der Waals surface area (Å²) >= 11 is 7.11. The summed E-state index contributed by atoms with van der Waals surface area (Å²) in [5, 5.41) is 0. The Bertz CT molecular complexity index is 2340. The van der Waals surface area contributed by atoms with Crippen LogP contribution in [0.2, 0.25) is 0 Å². The molecule has 0 atom stereocenters. The van der Waals surface area contributed by atoms with E-state index in [9.17, 15) is 18.0 Å². The molecule has 2 aliphatic heterocycles. The van der Waals surface area contributed by atoms with Gasteiger partial charge in [-0.25, -0.2) is 0 Å². The van der Waals surface area contributed by atoms with Crippen LogP contribution < -0.4 is 9.47 Å². The molecule has 2 fully saturated rings. The van der Waals surface area contributed by atoms with Gasteiger partial charge in [0.1, 0.15) is 17.2 Å². The van der Waals surface area contributed by atoms with E-state index in [4.69, 9.17) is 27.4 Å². The first kappa shape index (κ1) is 48.4. The first-order chi connectivity index (χ1) is 28.8. The maximum absolute atomic E-state index is 13.1. The molecule has 0 saturated carbocycles. The second kappa shape index (κ2) is 21.1. The van der Waals surface area contributed by atoms with Gasteiger partial charge in [-0.2, -0.15) is 21.6 Å². The highest BCUT2D eigenvalue weighted by molar-refractivity contribution is 9.10. The molecule has 1 aliphatic carbocycles. The fourth-order valence-electron chi connectivity index (χ4n) is 7.96. The number of carbonyl (C=O) groups excluding carboxylic acids is 1. The van der Waals surface area contributed by atoms with Gasteiger partial charge in [0.05, 0.1) is 19.9 Å². The summed E-state index contributed by atoms with van der Waals surface area (Å²) in [7, 11) is 1.95. The number of hydrogen-bond donors (Lipinski definition) is 1. The van der Waals surface area contributed by atoms with Crippen LogP contribution in [0.15, 0.2) is 69.4 Å². The molecule has 0 unspecified atom stereocenters. The highest BCUT2D eigenvalue weighted by atomic mass is 79.9. The van der Waals surface area contributed by atoms with E-state index >= 15 is 0 Å². The Labute approximate surface area is 374 Å². The Morgan fingerprint density at radius 2 is 1.39 bits per heavy atom. The van der Waals surface area contributed by atoms with E-state index in [0.29, 0.717) is 5.69 Å². The van der Waals surface area contributed by atoms with E-state index in [0.717, 1.165) is 109 Å². The Kier molecular flexibility index (Phi) is 16.8. The fourth-order valence-corrected chi connectivity index (χ4v) is 8.72. The van der Waals surface area contributed by atoms with Gasteiger partial charge in [-0.15, -0.1) is 0 Å². The predicted molar refractivity (Wildman–Crippen MR) is 239 cm³/mol. The molecule has 0 radical (unpaired) electrons. The number of Topliss-reactive ketones (excluding diaryl/α,β-unsaturated/α-hetero) is 1. The monoisotopic (exact) mass is 992 g/mol. The number of aryl methyl sites for hydroxylation is 6. The molecule has 330 valence electrons. The number of fused-ring (bicyclic) bond motifs is 2. The molecule has 0 bridgehead atoms. The van der Waals surface area contributed by atoms with Gasteiger partial charge < -0.3 is 19.3 Å². The van der Waals surface area contributed by atoms with Crippen LogP contribution in [0.1, 0.15) is 80.8 Å². The van der Waals surface area contributed by atoms with Crippen LogP contribution >= 0.6 is 31.9 Å². The minimum atomic E-state index is -5.84. The summed E-state index contributed by atoms with van der Waals surface area (Å²) in [4.78, 5) is 27.2. The van der Waals surface area contributed by atoms with Crippen LogP contribution in [-0.2, 0) is 35.8 Å². The van der Waals surface area contributed by atoms with Crippen LogP contribution in [0.3, 0.4) is 0 Å². The lowest BCUT2D eigenvalue weighted by molar-refractivity contribution is -0.0510. The number of piperidine rings is 2. The third-order valence-corrected chi connectivity index (χ3v) is 12.6. The third-order valence-electron chi connectivity index (χ3n) is 11.2. The van der Waals surface area contributed by atoms with Crippen molar-refractivity contribution in [2.24, 2.45) is 5.92 Å². The topological polar surface area (TPSA) is 122 Å². The van der Waals surface area contributed by atoms with Crippen LogP contribution in [0, 0.1) is 19.8 Å². The number of hydrogen-bond acceptors (Lipinski definition) is 9. The van der Waals surface area contributed by atoms with E-state index in [1.807, 2.05) is 18.3 Å². The summed E-state index contributed by atoms with van der Waals surface area (Å²) in [5.41, 5.74) is 7.76. The van der Waals surface area contributed by atoms with Crippen LogP contribution in [0.25, 0.3) is 5.57 Å². The van der Waals surface area contributed by atoms with Crippen molar-refractivity contribution in [1.82, 2.24) is 19.8 Å². The number of ether oxygens (including phenoxy) is 2. The van der Waals surface area contributed by atoms with Crippen molar-refractivity contribution in [2.45, 2.75) is 70.7 Å². The number of nitrogens with zero attached hydrogens (tertiary/aromatic N) is 4. The highest BCUT2D eigenvalue weighted by Crippen LogP contribution is 2.43. The van der Waals surface area contributed by atoms with Crippen molar-refractivity contribution in [2.75, 3.05) is 54.5 Å². The molecule has 16 heteroatoms. The molecule has 4 heterocycles. The molecule has 4 aromatic rings. The molecule has 2 aromatic carbocycles. The summed E-state index contributed by atoms with van der Waals surface area (Å²) < 4.78 is 70.7. The number of aromatic nitrogens is 2. The van der Waals surface area contributed by atoms with Gasteiger partial charge in [0.2, 0.25) is 0 Å². The molecule has 2 saturated heterocycles. The molecular weight excluding hydrogens is 941 g/mol. The van der Waals surface area contributed by atoms with Crippen molar-refractivity contribution in [3.05, 3.63) is 120 Å². The first-order valence-corrected chi connectivity index (χ1v) is 23.1. The predicted octanol–water partition coefficient (Wildman–Crippen LogP) is 9.65. The molecule has 0 spiro atoms. The van der Waals surface area contributed by atoms with Gasteiger partial charge in [0, 0.05) is 51.5 Å². The number of likely N-dealkylation sites (tertiary alicyclic amines) is 2. The maximum Gasteiger partial charge on any atom is 0.522 e. The molecular formula is C45H53Br2F3N4O6S. The lowest BCUT2D eigenvalue weighted by Crippen LogP contribution is -2.34. The number of pyridine rings is 2. The zero-order valence-electron chi connectivity index (χ0n) is 35.3. The molecule has 7 rings (SSSR count). The Morgan fingerprint density at radius 3 is 2.02 bits per heavy atom. The van der Waals surface area contributed by atoms with Gasteiger partial charge in [-0.05, 0) is 188 Å². The standard InChI is InChI=1S/C22H27BrN2O2.C22H25BrN2O.CHF3O3S/c1-15-10-16(12-20(11-15)27-3)4-5-18-13-19(23)14-24-21(18)22(26)17-6-8-25(2)9-7-17;1-14-10-16-4-5-17-12-18(23)13-24-22(17)21(20(16)19(11-14)26-3)15-6-8-25(2)9-7-15;2-1(3,4)8(5,6)7/h10-14,17H,4-9H2,1-3H3;10-13H,4-9H2,1-3H3;(H,5,6,7). The number of methoxy groups -OCH3 is 2. The SMILES string of the molecule is COc1cc(C)cc(CCc2cc(Br)cnc2C(=O)C2CCN(C)CC2)c1.COc1cc(C)cc2c1C(=C1CCN(C)CC1)c1ncc(Br)cc1CC2.O=S(=O)(O)C(F)(F)F.